The molecule has 14 amide bonds. The zero-order chi connectivity index (χ0) is 88.7. The van der Waals surface area contributed by atoms with Gasteiger partial charge in [-0.3, -0.25) is 72.5 Å². The highest BCUT2D eigenvalue weighted by atomic mass is 127. The maximum absolute atomic E-state index is 15.0. The van der Waals surface area contributed by atoms with Crippen LogP contribution in [-0.4, -0.2) is 228 Å². The second-order valence-corrected chi connectivity index (χ2v) is 33.5. The van der Waals surface area contributed by atoms with Crippen molar-refractivity contribution in [1.82, 2.24) is 83.2 Å². The molecule has 7 rings (SSSR count). The molecule has 0 bridgehead atoms. The maximum atomic E-state index is 15.0. The first-order chi connectivity index (χ1) is 57.5. The van der Waals surface area contributed by atoms with Crippen molar-refractivity contribution in [3.8, 4) is 5.75 Å². The minimum Gasteiger partial charge on any atom is -0.506 e. The number of carbonyl (C=O) groups excluding carboxylic acids is 14. The average Bonchev–Trinajstić information content (AvgIpc) is 1.15. The van der Waals surface area contributed by atoms with Gasteiger partial charge in [-0.25, -0.2) is 9.78 Å². The number of nitrogens with one attached hydrogen (secondary N) is 14. The number of H-pyrrole nitrogens is 2. The quantitative estimate of drug-likeness (QED) is 0.0106. The summed E-state index contributed by atoms with van der Waals surface area (Å²) < 4.78 is 0.830. The van der Waals surface area contributed by atoms with Crippen molar-refractivity contribution < 1.29 is 82.1 Å². The van der Waals surface area contributed by atoms with E-state index in [-0.39, 0.29) is 121 Å². The maximum Gasteiger partial charge on any atom is 0.326 e. The number of fused-ring (bicyclic) bond motifs is 1. The van der Waals surface area contributed by atoms with Gasteiger partial charge in [0.25, 0.3) is 0 Å². The number of primary amides is 2. The number of aromatic amines is 2. The fraction of sp³-hybridized carbons (Fsp3) is 0.519. The highest BCUT2D eigenvalue weighted by molar-refractivity contribution is 14.1. The van der Waals surface area contributed by atoms with E-state index >= 15 is 4.79 Å². The average molecular weight is 1910 g/mol. The van der Waals surface area contributed by atoms with Crippen LogP contribution in [0.4, 0.5) is 0 Å². The highest BCUT2D eigenvalue weighted by Crippen LogP contribution is 2.29. The van der Waals surface area contributed by atoms with Crippen molar-refractivity contribution in [3.63, 3.8) is 0 Å². The normalized spacial score (nSPS) is 16.3. The van der Waals surface area contributed by atoms with Gasteiger partial charge in [-0.2, -0.15) is 0 Å². The standard InChI is InChI=1S/C81H113I2N21O17/c1-6-7-19-54(70(110)102-62(80(120)121)35-45-16-9-8-10-17-45)96-77(117)64-23-15-30-104(64)79(119)57(25-27-66(86)106)94-67(107)41-92-76(116)63-22-14-29-103(63)78(118)56(21-13-28-90-81(87)88)97-73(113)59(32-44(4)5)99-71(111)55(24-26-65(85)105)95-72(112)58(31-43(2)3)100-74(114)60(36-46-33-50(82)68(108)51(83)34-46)101-75(115)61(38-48-40-89-42-93-48)98-69(109)52(84)37-47-39-91-53-20-12-11-18-49(47)53/h8-12,16-18,20,33-34,39-40,42-44,52,54-64,91,108H,6-7,13-15,19,21-32,35-38,41,84H2,1-5H3,(H2,85,105)(H2,86,106)(H,89,93)(H,92,116)(H,94,107)(H,95,112)(H,96,117)(H,97,113)(H,98,109)(H,99,111)(H,100,114)(H,101,115)(H,102,110)(H,120,121)(H4,87,88,90)/t52-,54-,55-,56-,57-,58-,59-,60-,61-,62-,63-,64-/m0/s1. The number of phenols is 1. The van der Waals surface area contributed by atoms with E-state index in [1.165, 1.54) is 22.3 Å². The highest BCUT2D eigenvalue weighted by Gasteiger charge is 2.43. The molecule has 0 unspecified atom stereocenters. The predicted molar refractivity (Wildman–Crippen MR) is 462 cm³/mol. The minimum atomic E-state index is -1.62. The number of nitrogens with two attached hydrogens (primary N) is 4. The first kappa shape index (κ1) is 97.1. The molecular weight excluding hydrogens is 1790 g/mol. The van der Waals surface area contributed by atoms with Crippen molar-refractivity contribution in [2.75, 3.05) is 26.2 Å². The number of carbonyl (C=O) groups is 15. The number of halogens is 2. The van der Waals surface area contributed by atoms with Gasteiger partial charge in [0.2, 0.25) is 82.7 Å². The van der Waals surface area contributed by atoms with Gasteiger partial charge < -0.3 is 111 Å². The van der Waals surface area contributed by atoms with Gasteiger partial charge in [0.05, 0.1) is 31.7 Å². The van der Waals surface area contributed by atoms with E-state index in [1.54, 1.807) is 76.4 Å². The van der Waals surface area contributed by atoms with Crippen molar-refractivity contribution >= 4 is 151 Å². The van der Waals surface area contributed by atoms with Crippen LogP contribution in [0.3, 0.4) is 0 Å². The van der Waals surface area contributed by atoms with Gasteiger partial charge in [0, 0.05) is 75.0 Å². The van der Waals surface area contributed by atoms with Gasteiger partial charge in [0.1, 0.15) is 72.2 Å². The number of aliphatic carboxylic acids is 1. The number of phenolic OH excluding ortho intramolecular Hbond substituents is 1. The largest absolute Gasteiger partial charge is 0.506 e. The number of carboxylic acids is 1. The number of unbranched alkanes of at least 4 members (excludes halogenated alkanes) is 1. The number of nitrogens with zero attached hydrogens (tertiary/aromatic N) is 3. The molecule has 0 spiro atoms. The number of guanidine groups is 1. The van der Waals surface area contributed by atoms with Crippen LogP contribution in [0.25, 0.3) is 10.9 Å². The molecule has 4 heterocycles. The number of amides is 14. The summed E-state index contributed by atoms with van der Waals surface area (Å²) in [5, 5.41) is 58.7. The van der Waals surface area contributed by atoms with Gasteiger partial charge >= 0.3 is 5.97 Å². The molecule has 2 saturated heterocycles. The third-order valence-electron chi connectivity index (χ3n) is 20.6. The molecule has 38 nitrogen and oxygen atoms in total. The Labute approximate surface area is 727 Å². The molecule has 2 aliphatic rings. The summed E-state index contributed by atoms with van der Waals surface area (Å²) in [5.74, 6) is -14.0. The van der Waals surface area contributed by atoms with E-state index in [2.05, 4.69) is 73.4 Å². The van der Waals surface area contributed by atoms with E-state index in [1.807, 2.05) is 76.4 Å². The Balaban J connectivity index is 1.04. The van der Waals surface area contributed by atoms with Crippen LogP contribution in [0.5, 0.6) is 5.75 Å². The van der Waals surface area contributed by atoms with Gasteiger partial charge in [-0.05, 0) is 169 Å². The van der Waals surface area contributed by atoms with E-state index in [9.17, 15) is 77.3 Å². The summed E-state index contributed by atoms with van der Waals surface area (Å²) in [6.45, 7) is 8.18. The predicted octanol–water partition coefficient (Wildman–Crippen LogP) is 0.0264. The summed E-state index contributed by atoms with van der Waals surface area (Å²) >= 11 is 3.83. The zero-order valence-electron chi connectivity index (χ0n) is 68.4. The molecule has 3 aromatic carbocycles. The topological polar surface area (TPSA) is 608 Å². The van der Waals surface area contributed by atoms with Crippen LogP contribution in [-0.2, 0) is 97.6 Å². The lowest BCUT2D eigenvalue weighted by Crippen LogP contribution is -2.61. The third-order valence-corrected chi connectivity index (χ3v) is 22.2. The monoisotopic (exact) mass is 1910 g/mol. The van der Waals surface area contributed by atoms with E-state index in [0.29, 0.717) is 43.2 Å². The number of imidazole rings is 1. The second kappa shape index (κ2) is 47.8. The fourth-order valence-electron chi connectivity index (χ4n) is 14.4. The summed E-state index contributed by atoms with van der Waals surface area (Å²) in [6, 6.07) is 2.95. The molecule has 2 fully saturated rings. The van der Waals surface area contributed by atoms with Crippen molar-refractivity contribution in [3.05, 3.63) is 115 Å². The molecule has 5 aromatic rings. The van der Waals surface area contributed by atoms with Crippen LogP contribution < -0.4 is 81.4 Å². The molecule has 658 valence electrons. The molecule has 0 aliphatic carbocycles. The Kier molecular flexibility index (Phi) is 38.4. The fourth-order valence-corrected chi connectivity index (χ4v) is 16.3. The number of hydrogen-bond acceptors (Lipinski definition) is 19. The molecule has 2 aliphatic heterocycles. The molecule has 0 saturated carbocycles. The molecular formula is C81H113I2N21O17. The van der Waals surface area contributed by atoms with Crippen LogP contribution in [0, 0.1) is 24.4 Å². The van der Waals surface area contributed by atoms with Crippen LogP contribution in [0.1, 0.15) is 153 Å². The van der Waals surface area contributed by atoms with Gasteiger partial charge in [-0.1, -0.05) is 96.0 Å². The Morgan fingerprint density at radius 3 is 1.58 bits per heavy atom. The Morgan fingerprint density at radius 2 is 1.02 bits per heavy atom. The molecule has 24 N–H and O–H groups in total. The van der Waals surface area contributed by atoms with Crippen LogP contribution in [0.15, 0.2) is 85.5 Å². The van der Waals surface area contributed by atoms with Gasteiger partial charge in [-0.15, -0.1) is 0 Å². The minimum absolute atomic E-state index is 0.00872. The first-order valence-corrected chi connectivity index (χ1v) is 42.6. The van der Waals surface area contributed by atoms with Gasteiger partial charge in [0.15, 0.2) is 5.96 Å². The number of para-hydroxylation sites is 1. The Bertz CT molecular complexity index is 4450. The lowest BCUT2D eigenvalue weighted by Gasteiger charge is -2.31. The number of carboxylic acid groups (broad SMARTS) is 1. The number of aromatic nitrogens is 3. The van der Waals surface area contributed by atoms with Crippen molar-refractivity contribution in [2.24, 2.45) is 34.8 Å². The molecule has 0 radical (unpaired) electrons. The summed E-state index contributed by atoms with van der Waals surface area (Å²) in [5.41, 5.74) is 26.3. The Morgan fingerprint density at radius 1 is 0.545 bits per heavy atom. The number of rotatable bonds is 48. The molecule has 40 heteroatoms. The van der Waals surface area contributed by atoms with Crippen molar-refractivity contribution in [1.29, 1.82) is 5.41 Å². The number of hydrogen-bond donors (Lipinski definition) is 20. The first-order valence-electron chi connectivity index (χ1n) is 40.5. The smallest absolute Gasteiger partial charge is 0.326 e. The van der Waals surface area contributed by atoms with Crippen LogP contribution >= 0.6 is 45.2 Å². The van der Waals surface area contributed by atoms with Crippen LogP contribution in [0.2, 0.25) is 0 Å². The lowest BCUT2D eigenvalue weighted by molar-refractivity contribution is -0.144. The summed E-state index contributed by atoms with van der Waals surface area (Å²) in [4.78, 5) is 223. The zero-order valence-corrected chi connectivity index (χ0v) is 72.7. The summed E-state index contributed by atoms with van der Waals surface area (Å²) in [6.07, 6.45) is 4.60. The molecule has 2 aromatic heterocycles. The number of benzene rings is 3. The molecule has 12 atom stereocenters. The Hall–Kier alpha value is -11.1. The second-order valence-electron chi connectivity index (χ2n) is 31.2. The summed E-state index contributed by atoms with van der Waals surface area (Å²) in [7, 11) is 0. The number of aromatic hydroxyl groups is 1. The van der Waals surface area contributed by atoms with E-state index in [0.717, 1.165) is 16.5 Å². The number of likely N-dealkylation sites (tertiary alicyclic amines) is 2. The van der Waals surface area contributed by atoms with Crippen molar-refractivity contribution in [2.45, 2.75) is 229 Å². The SMILES string of the molecule is CCCC[C@H](NC(=O)[C@@H]1CCCN1C(=O)[C@H](CCC(N)=O)NC(=O)CNC(=O)[C@@H]1CCCN1C(=O)[C@H](CCCNC(=N)N)NC(=O)[C@H](CC(C)C)NC(=O)[C@H](CCC(N)=O)NC(=O)[C@H](CC(C)C)NC(=O)[C@H](Cc1cc(I)c(O)c(I)c1)NC(=O)[C@H](Cc1c[nH]cn1)NC(=O)[C@@H](N)Cc1c[nH]c2ccccc12)C(=O)N[C@@H](Cc1ccccc1)C(=O)O. The third kappa shape index (κ3) is 30.6. The molecule has 121 heavy (non-hydrogen) atoms. The van der Waals surface area contributed by atoms with E-state index < -0.39 is 193 Å². The van der Waals surface area contributed by atoms with E-state index in [4.69, 9.17) is 28.3 Å². The lowest BCUT2D eigenvalue weighted by atomic mass is 9.99.